The number of hydrogen-bond acceptors (Lipinski definition) is 1. The third-order valence-corrected chi connectivity index (χ3v) is 9.74. The van der Waals surface area contributed by atoms with E-state index < -0.39 is 29.5 Å². The van der Waals surface area contributed by atoms with Gasteiger partial charge in [0.25, 0.3) is 0 Å². The Morgan fingerprint density at radius 2 is 1.35 bits per heavy atom. The molecule has 0 radical (unpaired) electrons. The van der Waals surface area contributed by atoms with Crippen molar-refractivity contribution in [1.29, 1.82) is 0 Å². The highest BCUT2D eigenvalue weighted by atomic mass is 19.4. The summed E-state index contributed by atoms with van der Waals surface area (Å²) in [5.41, 5.74) is -0.305. The quantitative estimate of drug-likeness (QED) is 0.321. The van der Waals surface area contributed by atoms with Crippen molar-refractivity contribution in [2.24, 2.45) is 35.5 Å². The van der Waals surface area contributed by atoms with Gasteiger partial charge in [0, 0.05) is 11.6 Å². The molecule has 1 heterocycles. The molecule has 3 unspecified atom stereocenters. The normalized spacial score (nSPS) is 32.5. The van der Waals surface area contributed by atoms with Crippen LogP contribution in [0.3, 0.4) is 0 Å². The van der Waals surface area contributed by atoms with E-state index in [4.69, 9.17) is 4.74 Å². The zero-order chi connectivity index (χ0) is 26.6. The Balaban J connectivity index is 1.23. The molecule has 0 amide bonds. The van der Waals surface area contributed by atoms with Gasteiger partial charge in [0.15, 0.2) is 0 Å². The van der Waals surface area contributed by atoms with Crippen molar-refractivity contribution < 1.29 is 26.7 Å². The summed E-state index contributed by atoms with van der Waals surface area (Å²) in [4.78, 5) is 0. The predicted octanol–water partition coefficient (Wildman–Crippen LogP) is 10.1. The molecule has 2 aliphatic carbocycles. The van der Waals surface area contributed by atoms with Crippen LogP contribution in [0.25, 0.3) is 6.08 Å². The van der Waals surface area contributed by atoms with Crippen molar-refractivity contribution in [3.05, 3.63) is 41.0 Å². The number of hydrogen-bond donors (Lipinski definition) is 0. The standard InChI is InChI=1S/C31H43F5O/c1-3-4-20(2)21-5-7-22(8-6-21)23-9-11-24(12-10-23)25-13-14-30(37-19-25)26-17-28(32)27(29(33)18-26)15-16-31(34,35)36/h15-18,20-25,30H,3-14,19H2,1-2H3/b16-15+. The molecule has 1 aromatic carbocycles. The predicted molar refractivity (Wildman–Crippen MR) is 138 cm³/mol. The van der Waals surface area contributed by atoms with E-state index in [0.717, 1.165) is 42.2 Å². The van der Waals surface area contributed by atoms with Crippen LogP contribution >= 0.6 is 0 Å². The lowest BCUT2D eigenvalue weighted by atomic mass is 9.65. The van der Waals surface area contributed by atoms with Crippen LogP contribution in [0.5, 0.6) is 0 Å². The smallest absolute Gasteiger partial charge is 0.373 e. The minimum Gasteiger partial charge on any atom is -0.373 e. The van der Waals surface area contributed by atoms with E-state index in [1.807, 2.05) is 0 Å². The van der Waals surface area contributed by atoms with Crippen molar-refractivity contribution >= 4 is 6.08 Å². The van der Waals surface area contributed by atoms with Gasteiger partial charge in [-0.25, -0.2) is 8.78 Å². The first kappa shape index (κ1) is 28.6. The average Bonchev–Trinajstić information content (AvgIpc) is 2.88. The molecule has 1 nitrogen and oxygen atoms in total. The number of benzene rings is 1. The maximum absolute atomic E-state index is 14.4. The summed E-state index contributed by atoms with van der Waals surface area (Å²) in [6.45, 7) is 5.31. The van der Waals surface area contributed by atoms with Gasteiger partial charge >= 0.3 is 6.18 Å². The fraction of sp³-hybridized carbons (Fsp3) is 0.742. The van der Waals surface area contributed by atoms with Crippen LogP contribution in [0.4, 0.5) is 22.0 Å². The molecule has 1 aromatic rings. The van der Waals surface area contributed by atoms with Gasteiger partial charge < -0.3 is 4.74 Å². The van der Waals surface area contributed by atoms with E-state index in [9.17, 15) is 22.0 Å². The van der Waals surface area contributed by atoms with Crippen molar-refractivity contribution in [3.63, 3.8) is 0 Å². The van der Waals surface area contributed by atoms with E-state index in [0.29, 0.717) is 36.5 Å². The summed E-state index contributed by atoms with van der Waals surface area (Å²) in [7, 11) is 0. The van der Waals surface area contributed by atoms with Crippen molar-refractivity contribution in [2.45, 2.75) is 103 Å². The van der Waals surface area contributed by atoms with E-state index in [1.165, 1.54) is 64.2 Å². The third kappa shape index (κ3) is 7.58. The van der Waals surface area contributed by atoms with Gasteiger partial charge in [0.05, 0.1) is 12.7 Å². The second kappa shape index (κ2) is 12.6. The molecule has 4 rings (SSSR count). The molecule has 2 saturated carbocycles. The lowest BCUT2D eigenvalue weighted by molar-refractivity contribution is -0.0790. The van der Waals surface area contributed by atoms with Gasteiger partial charge in [0.2, 0.25) is 0 Å². The number of alkyl halides is 3. The van der Waals surface area contributed by atoms with Gasteiger partial charge in [-0.05, 0) is 123 Å². The number of halogens is 5. The first-order valence-corrected chi connectivity index (χ1v) is 14.5. The maximum atomic E-state index is 14.4. The maximum Gasteiger partial charge on any atom is 0.409 e. The highest BCUT2D eigenvalue weighted by Crippen LogP contribution is 2.46. The highest BCUT2D eigenvalue weighted by molar-refractivity contribution is 5.52. The molecule has 1 aliphatic heterocycles. The summed E-state index contributed by atoms with van der Waals surface area (Å²) < 4.78 is 72.0. The average molecular weight is 527 g/mol. The number of ether oxygens (including phenoxy) is 1. The first-order valence-electron chi connectivity index (χ1n) is 14.5. The summed E-state index contributed by atoms with van der Waals surface area (Å²) >= 11 is 0. The third-order valence-electron chi connectivity index (χ3n) is 9.74. The molecular formula is C31H43F5O. The Hall–Kier alpha value is -1.43. The Labute approximate surface area is 219 Å². The molecular weight excluding hydrogens is 483 g/mol. The topological polar surface area (TPSA) is 9.23 Å². The van der Waals surface area contributed by atoms with Crippen LogP contribution in [0.2, 0.25) is 0 Å². The molecule has 0 N–H and O–H groups in total. The second-order valence-electron chi connectivity index (χ2n) is 12.0. The Morgan fingerprint density at radius 1 is 0.838 bits per heavy atom. The molecule has 0 bridgehead atoms. The minimum atomic E-state index is -4.62. The summed E-state index contributed by atoms with van der Waals surface area (Å²) in [6.07, 6.45) is 10.3. The summed E-state index contributed by atoms with van der Waals surface area (Å²) in [5.74, 6) is 2.71. The van der Waals surface area contributed by atoms with Gasteiger partial charge in [-0.15, -0.1) is 0 Å². The molecule has 0 spiro atoms. The van der Waals surface area contributed by atoms with Crippen LogP contribution in [0.1, 0.15) is 108 Å². The SMILES string of the molecule is CCCC(C)C1CCC(C2CCC(C3CCC(c4cc(F)c(/C=C/C(F)(F)F)c(F)c4)OC3)CC2)CC1. The molecule has 1 saturated heterocycles. The molecule has 3 atom stereocenters. The van der Waals surface area contributed by atoms with E-state index in [-0.39, 0.29) is 6.08 Å². The van der Waals surface area contributed by atoms with Crippen molar-refractivity contribution in [3.8, 4) is 0 Å². The Bertz CT molecular complexity index is 862. The van der Waals surface area contributed by atoms with E-state index in [1.54, 1.807) is 0 Å². The lowest BCUT2D eigenvalue weighted by Crippen LogP contribution is -2.32. The number of rotatable bonds is 7. The fourth-order valence-electron chi connectivity index (χ4n) is 7.50. The zero-order valence-corrected chi connectivity index (χ0v) is 22.3. The molecule has 0 aromatic heterocycles. The molecule has 37 heavy (non-hydrogen) atoms. The fourth-order valence-corrected chi connectivity index (χ4v) is 7.50. The monoisotopic (exact) mass is 526 g/mol. The van der Waals surface area contributed by atoms with Crippen LogP contribution in [0, 0.1) is 47.1 Å². The van der Waals surface area contributed by atoms with E-state index in [2.05, 4.69) is 13.8 Å². The first-order chi connectivity index (χ1) is 17.6. The van der Waals surface area contributed by atoms with Crippen molar-refractivity contribution in [2.75, 3.05) is 6.61 Å². The summed E-state index contributed by atoms with van der Waals surface area (Å²) in [6, 6.07) is 2.24. The molecule has 3 fully saturated rings. The zero-order valence-electron chi connectivity index (χ0n) is 22.3. The Kier molecular flexibility index (Phi) is 9.74. The van der Waals surface area contributed by atoms with Crippen LogP contribution < -0.4 is 0 Å². The largest absolute Gasteiger partial charge is 0.409 e. The van der Waals surface area contributed by atoms with Crippen molar-refractivity contribution in [1.82, 2.24) is 0 Å². The van der Waals surface area contributed by atoms with Gasteiger partial charge in [-0.2, -0.15) is 13.2 Å². The van der Waals surface area contributed by atoms with Crippen LogP contribution in [-0.4, -0.2) is 12.8 Å². The van der Waals surface area contributed by atoms with E-state index >= 15 is 0 Å². The van der Waals surface area contributed by atoms with Gasteiger partial charge in [-0.1, -0.05) is 26.7 Å². The van der Waals surface area contributed by atoms with Crippen LogP contribution in [-0.2, 0) is 4.74 Å². The minimum absolute atomic E-state index is 0.149. The molecule has 208 valence electrons. The van der Waals surface area contributed by atoms with Gasteiger partial charge in [-0.3, -0.25) is 0 Å². The number of allylic oxidation sites excluding steroid dienone is 1. The summed E-state index contributed by atoms with van der Waals surface area (Å²) in [5, 5.41) is 0. The molecule has 3 aliphatic rings. The second-order valence-corrected chi connectivity index (χ2v) is 12.0. The van der Waals surface area contributed by atoms with Crippen LogP contribution in [0.15, 0.2) is 18.2 Å². The molecule has 6 heteroatoms. The highest BCUT2D eigenvalue weighted by Gasteiger charge is 2.36. The lowest BCUT2D eigenvalue weighted by Gasteiger charge is -2.42. The van der Waals surface area contributed by atoms with Gasteiger partial charge in [0.1, 0.15) is 11.6 Å². The Morgan fingerprint density at radius 3 is 1.84 bits per heavy atom.